The first-order chi connectivity index (χ1) is 5.12. The lowest BCUT2D eigenvalue weighted by Crippen LogP contribution is -2.13. The first kappa shape index (κ1) is 11.6. The molecular weight excluding hydrogens is 210 g/mol. The average molecular weight is 218 g/mol. The second kappa shape index (κ2) is 3.55. The zero-order valence-electron chi connectivity index (χ0n) is 5.75. The normalized spacial score (nSPS) is 16.6. The quantitative estimate of drug-likeness (QED) is 0.236. The van der Waals surface area contributed by atoms with E-state index >= 15 is 0 Å². The molecule has 0 aliphatic heterocycles. The number of hydrogen-bond acceptors (Lipinski definition) is 4. The Hall–Kier alpha value is -0.390. The Morgan fingerprint density at radius 2 is 1.83 bits per heavy atom. The minimum absolute atomic E-state index is 1.06. The molecule has 1 unspecified atom stereocenters. The van der Waals surface area contributed by atoms with Crippen LogP contribution in [0, 0.1) is 5.41 Å². The summed E-state index contributed by atoms with van der Waals surface area (Å²) in [6.45, 7) is 0. The molecule has 0 radical (unpaired) electrons. The van der Waals surface area contributed by atoms with Crippen molar-refractivity contribution < 1.29 is 28.3 Å². The van der Waals surface area contributed by atoms with Crippen molar-refractivity contribution in [3.05, 3.63) is 0 Å². The fraction of sp³-hybridized carbons (Fsp3) is 0.500. The Bertz CT molecular complexity index is 269. The molecule has 0 aromatic carbocycles. The van der Waals surface area contributed by atoms with Gasteiger partial charge in [-0.3, -0.25) is 9.97 Å². The second-order valence-corrected chi connectivity index (χ2v) is 5.82. The highest BCUT2D eigenvalue weighted by Crippen LogP contribution is 2.55. The third-order valence-corrected chi connectivity index (χ3v) is 3.99. The van der Waals surface area contributed by atoms with E-state index in [-0.39, 0.29) is 0 Å². The molecule has 0 aromatic rings. The van der Waals surface area contributed by atoms with Crippen LogP contribution in [-0.4, -0.2) is 26.6 Å². The molecule has 6 N–H and O–H groups in total. The van der Waals surface area contributed by atoms with Gasteiger partial charge in [-0.2, -0.15) is 0 Å². The highest BCUT2D eigenvalue weighted by molar-refractivity contribution is 7.70. The van der Waals surface area contributed by atoms with Crippen LogP contribution in [0.3, 0.4) is 0 Å². The Morgan fingerprint density at radius 3 is 2.08 bits per heavy atom. The fourth-order valence-electron chi connectivity index (χ4n) is 0.415. The van der Waals surface area contributed by atoms with Gasteiger partial charge in [0.25, 0.3) is 6.02 Å². The fourth-order valence-corrected chi connectivity index (χ4v) is 2.82. The highest BCUT2D eigenvalue weighted by atomic mass is 31.2. The molecule has 0 aliphatic carbocycles. The third-order valence-electron chi connectivity index (χ3n) is 0.604. The maximum absolute atomic E-state index is 10.7. The van der Waals surface area contributed by atoms with Crippen molar-refractivity contribution in [2.24, 2.45) is 5.73 Å². The van der Waals surface area contributed by atoms with E-state index in [0.29, 0.717) is 0 Å². The highest BCUT2D eigenvalue weighted by Gasteiger charge is 2.32. The lowest BCUT2D eigenvalue weighted by atomic mass is 11.3. The summed E-state index contributed by atoms with van der Waals surface area (Å²) in [6, 6.07) is -1.06. The Morgan fingerprint density at radius 1 is 1.42 bits per heavy atom. The number of hydrogen-bond donors (Lipinski definition) is 5. The van der Waals surface area contributed by atoms with E-state index in [4.69, 9.17) is 20.1 Å². The maximum atomic E-state index is 10.7. The summed E-state index contributed by atoms with van der Waals surface area (Å²) in [4.78, 5) is 25.1. The summed E-state index contributed by atoms with van der Waals surface area (Å²) in [5.41, 5.74) is 4.57. The van der Waals surface area contributed by atoms with Crippen LogP contribution in [0.5, 0.6) is 0 Å². The molecule has 12 heavy (non-hydrogen) atoms. The largest absolute Gasteiger partial charge is 0.391 e. The molecule has 10 heteroatoms. The Kier molecular flexibility index (Phi) is 3.44. The predicted molar refractivity (Wildman–Crippen MR) is 39.7 cm³/mol. The topological polar surface area (TPSA) is 154 Å². The summed E-state index contributed by atoms with van der Waals surface area (Å²) in [7, 11) is -9.12. The molecule has 8 nitrogen and oxygen atoms in total. The first-order valence-corrected chi connectivity index (χ1v) is 6.08. The summed E-state index contributed by atoms with van der Waals surface area (Å²) in [5, 5.41) is 6.43. The van der Waals surface area contributed by atoms with Gasteiger partial charge in [-0.25, -0.2) is 4.57 Å². The molecule has 0 bridgehead atoms. The lowest BCUT2D eigenvalue weighted by Gasteiger charge is -2.11. The summed E-state index contributed by atoms with van der Waals surface area (Å²) >= 11 is 0. The average Bonchev–Trinajstić information content (AvgIpc) is 1.48. The number of nitrogens with two attached hydrogens (primary N) is 1. The van der Waals surface area contributed by atoms with Gasteiger partial charge in [0.2, 0.25) is 0 Å². The van der Waals surface area contributed by atoms with Crippen LogP contribution in [0.2, 0.25) is 0 Å². The molecule has 0 saturated carbocycles. The second-order valence-electron chi connectivity index (χ2n) is 1.90. The molecule has 72 valence electrons. The standard InChI is InChI=1S/C2H8N2O6P2/c3-2(4)10-12(8,9)1-11(5,6)7/h1H2,(H3,3,4)(H,8,9)(H2,5,6,7). The van der Waals surface area contributed by atoms with Crippen molar-refractivity contribution in [3.8, 4) is 0 Å². The van der Waals surface area contributed by atoms with E-state index in [9.17, 15) is 9.13 Å². The van der Waals surface area contributed by atoms with Crippen molar-refractivity contribution in [3.63, 3.8) is 0 Å². The molecule has 0 heterocycles. The summed E-state index contributed by atoms with van der Waals surface area (Å²) in [6.07, 6.45) is 0. The molecule has 0 amide bonds. The molecule has 0 fully saturated rings. The molecule has 0 rings (SSSR count). The van der Waals surface area contributed by atoms with E-state index in [0.717, 1.165) is 0 Å². The van der Waals surface area contributed by atoms with Crippen LogP contribution in [0.15, 0.2) is 0 Å². The van der Waals surface area contributed by atoms with Crippen molar-refractivity contribution in [1.82, 2.24) is 0 Å². The molecule has 0 saturated heterocycles. The van der Waals surface area contributed by atoms with Crippen molar-refractivity contribution in [2.75, 3.05) is 5.90 Å². The van der Waals surface area contributed by atoms with Crippen LogP contribution in [0.25, 0.3) is 0 Å². The van der Waals surface area contributed by atoms with Crippen LogP contribution in [0.4, 0.5) is 0 Å². The molecule has 0 aliphatic rings. The van der Waals surface area contributed by atoms with Gasteiger partial charge in [0.1, 0.15) is 0 Å². The van der Waals surface area contributed by atoms with Crippen molar-refractivity contribution in [2.45, 2.75) is 0 Å². The maximum Gasteiger partial charge on any atom is 0.390 e. The zero-order chi connectivity index (χ0) is 9.99. The van der Waals surface area contributed by atoms with Crippen molar-refractivity contribution >= 4 is 21.2 Å². The number of rotatable bonds is 3. The minimum Gasteiger partial charge on any atom is -0.391 e. The first-order valence-electron chi connectivity index (χ1n) is 2.52. The van der Waals surface area contributed by atoms with E-state index in [1.807, 2.05) is 0 Å². The van der Waals surface area contributed by atoms with Gasteiger partial charge in [0.15, 0.2) is 5.90 Å². The van der Waals surface area contributed by atoms with E-state index in [1.165, 1.54) is 0 Å². The van der Waals surface area contributed by atoms with Crippen LogP contribution >= 0.6 is 15.2 Å². The van der Waals surface area contributed by atoms with Gasteiger partial charge in [0, 0.05) is 0 Å². The Labute approximate surface area is 67.6 Å². The summed E-state index contributed by atoms with van der Waals surface area (Å²) < 4.78 is 24.7. The zero-order valence-corrected chi connectivity index (χ0v) is 7.53. The van der Waals surface area contributed by atoms with E-state index in [2.05, 4.69) is 10.3 Å². The van der Waals surface area contributed by atoms with E-state index < -0.39 is 27.1 Å². The van der Waals surface area contributed by atoms with Gasteiger partial charge in [-0.1, -0.05) is 0 Å². The number of nitrogens with one attached hydrogen (secondary N) is 1. The lowest BCUT2D eigenvalue weighted by molar-refractivity contribution is 0.356. The monoisotopic (exact) mass is 218 g/mol. The SMILES string of the molecule is N=C(N)OP(=O)(O)CP(=O)(O)O. The Balaban J connectivity index is 4.35. The van der Waals surface area contributed by atoms with Crippen LogP contribution in [0.1, 0.15) is 0 Å². The minimum atomic E-state index is -4.63. The molecule has 0 aromatic heterocycles. The van der Waals surface area contributed by atoms with Gasteiger partial charge in [0.05, 0.1) is 0 Å². The predicted octanol–water partition coefficient (Wildman–Crippen LogP) is -0.783. The van der Waals surface area contributed by atoms with E-state index in [1.54, 1.807) is 0 Å². The van der Waals surface area contributed by atoms with Crippen LogP contribution < -0.4 is 5.73 Å². The third kappa shape index (κ3) is 6.33. The van der Waals surface area contributed by atoms with Gasteiger partial charge in [-0.15, -0.1) is 0 Å². The number of amidine groups is 1. The molecule has 0 spiro atoms. The van der Waals surface area contributed by atoms with Gasteiger partial charge < -0.3 is 24.9 Å². The smallest absolute Gasteiger partial charge is 0.390 e. The van der Waals surface area contributed by atoms with Gasteiger partial charge >= 0.3 is 15.2 Å². The van der Waals surface area contributed by atoms with Gasteiger partial charge in [-0.05, 0) is 0 Å². The summed E-state index contributed by atoms with van der Waals surface area (Å²) in [5.74, 6) is -1.35. The van der Waals surface area contributed by atoms with Crippen LogP contribution in [-0.2, 0) is 13.7 Å². The van der Waals surface area contributed by atoms with Crippen molar-refractivity contribution in [1.29, 1.82) is 5.41 Å². The molecular formula is C2H8N2O6P2. The molecule has 1 atom stereocenters.